The Morgan fingerprint density at radius 3 is 1.66 bits per heavy atom. The summed E-state index contributed by atoms with van der Waals surface area (Å²) in [5, 5.41) is 0. The number of esters is 1. The summed E-state index contributed by atoms with van der Waals surface area (Å²) >= 11 is 7.22. The number of ether oxygens (including phenoxy) is 1. The predicted molar refractivity (Wildman–Crippen MR) is 149 cm³/mol. The summed E-state index contributed by atoms with van der Waals surface area (Å²) in [4.78, 5) is 14.2. The number of carbonyl (C=O) groups is 1. The molecule has 0 N–H and O–H groups in total. The molecule has 3 nitrogen and oxygen atoms in total. The molecule has 200 valence electrons. The quantitative estimate of drug-likeness (QED) is 0.285. The van der Waals surface area contributed by atoms with Crippen LogP contribution in [-0.4, -0.2) is 20.5 Å². The molecule has 2 unspecified atom stereocenters. The lowest BCUT2D eigenvalue weighted by molar-refractivity contribution is -0.164. The SMILES string of the molecule is Cc1ccc(S(=O)C(Cl)C2([C@H](C)C(=O)OC(C)(C)C)CCCCCCCCCCCCCC2)cc1. The molecule has 1 fully saturated rings. The normalized spacial score (nSPS) is 21.7. The van der Waals surface area contributed by atoms with Crippen molar-refractivity contribution in [1.82, 2.24) is 0 Å². The highest BCUT2D eigenvalue weighted by Gasteiger charge is 2.49. The molecular formula is C30H49ClO3S. The standard InChI is InChI=1S/C30H49ClO3S/c1-24-18-20-26(21-19-24)35(33)28(31)30(25(2)27(32)34-29(3,4)5)22-16-14-12-10-8-6-7-9-11-13-15-17-23-30/h18-21,25,28H,6-17,22-23H2,1-5H3/t25-,28?,35?/m1/s1. The third-order valence-electron chi connectivity index (χ3n) is 7.55. The van der Waals surface area contributed by atoms with Gasteiger partial charge in [-0.05, 0) is 52.7 Å². The van der Waals surface area contributed by atoms with Crippen LogP contribution in [0.1, 0.15) is 123 Å². The van der Waals surface area contributed by atoms with E-state index < -0.39 is 32.4 Å². The molecule has 1 aliphatic carbocycles. The molecule has 0 spiro atoms. The van der Waals surface area contributed by atoms with Gasteiger partial charge in [-0.15, -0.1) is 11.6 Å². The van der Waals surface area contributed by atoms with Gasteiger partial charge in [0.1, 0.15) is 10.3 Å². The number of rotatable bonds is 5. The first-order chi connectivity index (χ1) is 16.6. The second-order valence-corrected chi connectivity index (χ2v) is 13.9. The Morgan fingerprint density at radius 2 is 1.26 bits per heavy atom. The van der Waals surface area contributed by atoms with Crippen LogP contribution in [0.2, 0.25) is 0 Å². The van der Waals surface area contributed by atoms with Crippen LogP contribution in [0.15, 0.2) is 29.2 Å². The smallest absolute Gasteiger partial charge is 0.309 e. The monoisotopic (exact) mass is 524 g/mol. The fourth-order valence-electron chi connectivity index (χ4n) is 5.29. The number of aryl methyl sites for hydroxylation is 1. The number of alkyl halides is 1. The summed E-state index contributed by atoms with van der Waals surface area (Å²) in [5.41, 5.74) is -0.00743. The molecule has 0 aliphatic heterocycles. The van der Waals surface area contributed by atoms with Gasteiger partial charge in [0.05, 0.1) is 16.7 Å². The molecule has 1 saturated carbocycles. The largest absolute Gasteiger partial charge is 0.460 e. The molecule has 2 rings (SSSR count). The zero-order chi connectivity index (χ0) is 25.9. The van der Waals surface area contributed by atoms with E-state index in [0.717, 1.165) is 49.0 Å². The van der Waals surface area contributed by atoms with Crippen molar-refractivity contribution in [2.24, 2.45) is 11.3 Å². The maximum absolute atomic E-state index is 13.8. The third kappa shape index (κ3) is 9.84. The van der Waals surface area contributed by atoms with Gasteiger partial charge >= 0.3 is 5.97 Å². The van der Waals surface area contributed by atoms with Crippen molar-refractivity contribution in [2.45, 2.75) is 140 Å². The fourth-order valence-corrected chi connectivity index (χ4v) is 7.51. The average molecular weight is 525 g/mol. The van der Waals surface area contributed by atoms with Gasteiger partial charge in [-0.1, -0.05) is 102 Å². The number of benzene rings is 1. The van der Waals surface area contributed by atoms with Crippen LogP contribution >= 0.6 is 11.6 Å². The molecule has 0 amide bonds. The molecule has 0 heterocycles. The van der Waals surface area contributed by atoms with E-state index in [1.165, 1.54) is 51.4 Å². The number of carbonyl (C=O) groups excluding carboxylic acids is 1. The topological polar surface area (TPSA) is 43.4 Å². The van der Waals surface area contributed by atoms with Crippen LogP contribution in [0, 0.1) is 18.3 Å². The molecule has 5 heteroatoms. The molecule has 0 aromatic heterocycles. The van der Waals surface area contributed by atoms with E-state index in [9.17, 15) is 9.00 Å². The Morgan fingerprint density at radius 1 is 0.857 bits per heavy atom. The average Bonchev–Trinajstić information content (AvgIpc) is 2.81. The zero-order valence-electron chi connectivity index (χ0n) is 22.9. The Labute approximate surface area is 222 Å². The van der Waals surface area contributed by atoms with Gasteiger partial charge in [0.2, 0.25) is 0 Å². The molecule has 1 aliphatic rings. The minimum absolute atomic E-state index is 0.220. The van der Waals surface area contributed by atoms with Crippen LogP contribution < -0.4 is 0 Å². The van der Waals surface area contributed by atoms with E-state index in [1.807, 2.05) is 58.9 Å². The van der Waals surface area contributed by atoms with Crippen LogP contribution in [0.3, 0.4) is 0 Å². The van der Waals surface area contributed by atoms with Crippen molar-refractivity contribution in [1.29, 1.82) is 0 Å². The highest BCUT2D eigenvalue weighted by atomic mass is 35.5. The summed E-state index contributed by atoms with van der Waals surface area (Å²) in [6.45, 7) is 9.71. The summed E-state index contributed by atoms with van der Waals surface area (Å²) in [7, 11) is -1.42. The van der Waals surface area contributed by atoms with Crippen molar-refractivity contribution in [3.8, 4) is 0 Å². The lowest BCUT2D eigenvalue weighted by Crippen LogP contribution is -2.45. The lowest BCUT2D eigenvalue weighted by atomic mass is 9.70. The Balaban J connectivity index is 2.38. The van der Waals surface area contributed by atoms with Crippen LogP contribution in [-0.2, 0) is 20.3 Å². The van der Waals surface area contributed by atoms with Gasteiger partial charge in [-0.3, -0.25) is 9.00 Å². The molecule has 0 radical (unpaired) electrons. The minimum atomic E-state index is -1.42. The fraction of sp³-hybridized carbons (Fsp3) is 0.767. The maximum Gasteiger partial charge on any atom is 0.309 e. The minimum Gasteiger partial charge on any atom is -0.460 e. The summed E-state index contributed by atoms with van der Waals surface area (Å²) < 4.78 is 19.0. The van der Waals surface area contributed by atoms with Crippen LogP contribution in [0.4, 0.5) is 0 Å². The molecular weight excluding hydrogens is 476 g/mol. The Bertz CT molecular complexity index is 768. The summed E-state index contributed by atoms with van der Waals surface area (Å²) in [5.74, 6) is -0.642. The molecule has 0 bridgehead atoms. The van der Waals surface area contributed by atoms with E-state index >= 15 is 0 Å². The first-order valence-electron chi connectivity index (χ1n) is 13.9. The van der Waals surface area contributed by atoms with Gasteiger partial charge in [-0.25, -0.2) is 0 Å². The van der Waals surface area contributed by atoms with Crippen LogP contribution in [0.25, 0.3) is 0 Å². The summed E-state index contributed by atoms with van der Waals surface area (Å²) in [6, 6.07) is 7.80. The van der Waals surface area contributed by atoms with Gasteiger partial charge in [0.25, 0.3) is 0 Å². The van der Waals surface area contributed by atoms with Gasteiger partial charge in [0, 0.05) is 10.3 Å². The Kier molecular flexibility index (Phi) is 12.8. The molecule has 1 aromatic rings. The van der Waals surface area contributed by atoms with E-state index in [4.69, 9.17) is 16.3 Å². The van der Waals surface area contributed by atoms with E-state index in [-0.39, 0.29) is 5.97 Å². The second kappa shape index (κ2) is 14.8. The van der Waals surface area contributed by atoms with Crippen molar-refractivity contribution >= 4 is 28.4 Å². The second-order valence-electron chi connectivity index (χ2n) is 11.7. The van der Waals surface area contributed by atoms with Crippen molar-refractivity contribution in [3.05, 3.63) is 29.8 Å². The number of hydrogen-bond donors (Lipinski definition) is 0. The molecule has 1 aromatic carbocycles. The van der Waals surface area contributed by atoms with E-state index in [1.54, 1.807) is 0 Å². The van der Waals surface area contributed by atoms with Gasteiger partial charge in [0.15, 0.2) is 0 Å². The predicted octanol–water partition coefficient (Wildman–Crippen LogP) is 9.11. The van der Waals surface area contributed by atoms with Crippen molar-refractivity contribution in [2.75, 3.05) is 0 Å². The third-order valence-corrected chi connectivity index (χ3v) is 10.1. The number of halogens is 1. The first-order valence-corrected chi connectivity index (χ1v) is 15.6. The van der Waals surface area contributed by atoms with Crippen molar-refractivity contribution < 1.29 is 13.7 Å². The molecule has 0 saturated heterocycles. The van der Waals surface area contributed by atoms with Gasteiger partial charge in [-0.2, -0.15) is 0 Å². The first kappa shape index (κ1) is 30.4. The van der Waals surface area contributed by atoms with E-state index in [0.29, 0.717) is 0 Å². The lowest BCUT2D eigenvalue weighted by Gasteiger charge is -2.42. The molecule has 3 atom stereocenters. The van der Waals surface area contributed by atoms with Crippen molar-refractivity contribution in [3.63, 3.8) is 0 Å². The zero-order valence-corrected chi connectivity index (χ0v) is 24.4. The highest BCUT2D eigenvalue weighted by Crippen LogP contribution is 2.48. The number of hydrogen-bond acceptors (Lipinski definition) is 3. The Hall–Kier alpha value is -0.870. The highest BCUT2D eigenvalue weighted by molar-refractivity contribution is 7.87. The maximum atomic E-state index is 13.8. The summed E-state index contributed by atoms with van der Waals surface area (Å²) in [6.07, 6.45) is 16.2. The van der Waals surface area contributed by atoms with Gasteiger partial charge < -0.3 is 4.74 Å². The molecule has 35 heavy (non-hydrogen) atoms. The van der Waals surface area contributed by atoms with Crippen LogP contribution in [0.5, 0.6) is 0 Å². The van der Waals surface area contributed by atoms with E-state index in [2.05, 4.69) is 0 Å².